The van der Waals surface area contributed by atoms with Crippen LogP contribution in [0.1, 0.15) is 13.3 Å². The van der Waals surface area contributed by atoms with Crippen LogP contribution in [0.4, 0.5) is 0 Å². The van der Waals surface area contributed by atoms with Crippen molar-refractivity contribution in [2.45, 2.75) is 13.3 Å². The van der Waals surface area contributed by atoms with Gasteiger partial charge in [-0.25, -0.2) is 0 Å². The summed E-state index contributed by atoms with van der Waals surface area (Å²) in [6.45, 7) is 1.89. The maximum absolute atomic E-state index is 12.6. The highest BCUT2D eigenvalue weighted by Crippen LogP contribution is 2.60. The third-order valence-electron chi connectivity index (χ3n) is 4.78. The standard InChI is InChI=1S/C14H16O4/c1-14-8-5-4-7(6-8)9(14)10(15)11(17-2)12(18-3)13(14)16/h4-5,7-9H,6H2,1-3H3/t7-,8+,9?,14?/m0/s1. The summed E-state index contributed by atoms with van der Waals surface area (Å²) >= 11 is 0. The molecular formula is C14H16O4. The van der Waals surface area contributed by atoms with Crippen LogP contribution < -0.4 is 0 Å². The second kappa shape index (κ2) is 3.46. The quantitative estimate of drug-likeness (QED) is 0.694. The van der Waals surface area contributed by atoms with E-state index in [-0.39, 0.29) is 40.8 Å². The molecule has 0 heterocycles. The lowest BCUT2D eigenvalue weighted by molar-refractivity contribution is -0.143. The molecule has 4 nitrogen and oxygen atoms in total. The molecule has 18 heavy (non-hydrogen) atoms. The van der Waals surface area contributed by atoms with E-state index in [0.29, 0.717) is 0 Å². The minimum Gasteiger partial charge on any atom is -0.490 e. The first kappa shape index (κ1) is 11.5. The minimum atomic E-state index is -0.649. The number of carbonyl (C=O) groups excluding carboxylic acids is 2. The summed E-state index contributed by atoms with van der Waals surface area (Å²) in [5.41, 5.74) is -0.649. The number of hydrogen-bond acceptors (Lipinski definition) is 4. The fraction of sp³-hybridized carbons (Fsp3) is 0.571. The van der Waals surface area contributed by atoms with Gasteiger partial charge in [-0.3, -0.25) is 9.59 Å². The van der Waals surface area contributed by atoms with Crippen molar-refractivity contribution in [2.24, 2.45) is 23.2 Å². The van der Waals surface area contributed by atoms with E-state index in [1.54, 1.807) is 0 Å². The second-order valence-corrected chi connectivity index (χ2v) is 5.41. The van der Waals surface area contributed by atoms with Gasteiger partial charge in [-0.1, -0.05) is 19.1 Å². The Morgan fingerprint density at radius 3 is 2.44 bits per heavy atom. The molecule has 4 atom stereocenters. The summed E-state index contributed by atoms with van der Waals surface area (Å²) < 4.78 is 10.2. The van der Waals surface area contributed by atoms with Crippen LogP contribution in [0.3, 0.4) is 0 Å². The van der Waals surface area contributed by atoms with Gasteiger partial charge in [0.15, 0.2) is 0 Å². The molecule has 0 amide bonds. The molecule has 0 aromatic heterocycles. The van der Waals surface area contributed by atoms with Crippen molar-refractivity contribution in [1.82, 2.24) is 0 Å². The van der Waals surface area contributed by atoms with Crippen molar-refractivity contribution >= 4 is 11.6 Å². The Hall–Kier alpha value is -1.58. The van der Waals surface area contributed by atoms with Crippen LogP contribution in [-0.4, -0.2) is 25.8 Å². The van der Waals surface area contributed by atoms with Crippen LogP contribution in [0.5, 0.6) is 0 Å². The Kier molecular flexibility index (Phi) is 2.22. The smallest absolute Gasteiger partial charge is 0.208 e. The molecule has 0 aliphatic heterocycles. The van der Waals surface area contributed by atoms with Gasteiger partial charge >= 0.3 is 0 Å². The van der Waals surface area contributed by atoms with E-state index in [1.165, 1.54) is 14.2 Å². The third kappa shape index (κ3) is 1.06. The third-order valence-corrected chi connectivity index (χ3v) is 4.78. The lowest BCUT2D eigenvalue weighted by Crippen LogP contribution is -2.49. The van der Waals surface area contributed by atoms with E-state index in [0.717, 1.165) is 6.42 Å². The first-order valence-corrected chi connectivity index (χ1v) is 6.15. The van der Waals surface area contributed by atoms with Gasteiger partial charge in [-0.15, -0.1) is 0 Å². The average Bonchev–Trinajstić information content (AvgIpc) is 2.93. The predicted octanol–water partition coefficient (Wildman–Crippen LogP) is 1.47. The topological polar surface area (TPSA) is 52.6 Å². The summed E-state index contributed by atoms with van der Waals surface area (Å²) in [7, 11) is 2.82. The lowest BCUT2D eigenvalue weighted by atomic mass is 9.62. The number of fused-ring (bicyclic) bond motifs is 5. The number of hydrogen-bond donors (Lipinski definition) is 0. The molecule has 96 valence electrons. The normalized spacial score (nSPS) is 41.4. The van der Waals surface area contributed by atoms with Gasteiger partial charge in [0.2, 0.25) is 23.1 Å². The maximum Gasteiger partial charge on any atom is 0.208 e. The van der Waals surface area contributed by atoms with Crippen molar-refractivity contribution in [3.05, 3.63) is 23.7 Å². The zero-order valence-electron chi connectivity index (χ0n) is 10.7. The van der Waals surface area contributed by atoms with E-state index in [9.17, 15) is 9.59 Å². The minimum absolute atomic E-state index is 0.0854. The summed E-state index contributed by atoms with van der Waals surface area (Å²) in [6.07, 6.45) is 5.01. The number of rotatable bonds is 2. The first-order valence-electron chi connectivity index (χ1n) is 6.15. The Bertz CT molecular complexity index is 502. The van der Waals surface area contributed by atoms with E-state index >= 15 is 0 Å². The Morgan fingerprint density at radius 2 is 1.83 bits per heavy atom. The fourth-order valence-electron chi connectivity index (χ4n) is 3.85. The number of methoxy groups -OCH3 is 2. The summed E-state index contributed by atoms with van der Waals surface area (Å²) in [6, 6.07) is 0. The molecule has 3 rings (SSSR count). The largest absolute Gasteiger partial charge is 0.490 e. The number of ether oxygens (including phenoxy) is 2. The highest BCUT2D eigenvalue weighted by molar-refractivity contribution is 6.14. The molecule has 0 radical (unpaired) electrons. The van der Waals surface area contributed by atoms with Crippen molar-refractivity contribution in [3.8, 4) is 0 Å². The summed E-state index contributed by atoms with van der Waals surface area (Å²) in [5, 5.41) is 0. The van der Waals surface area contributed by atoms with Gasteiger partial charge in [0, 0.05) is 5.92 Å². The zero-order chi connectivity index (χ0) is 13.1. The van der Waals surface area contributed by atoms with E-state index in [4.69, 9.17) is 9.47 Å². The van der Waals surface area contributed by atoms with Crippen LogP contribution in [0, 0.1) is 23.2 Å². The molecule has 0 aromatic carbocycles. The maximum atomic E-state index is 12.6. The molecule has 0 aromatic rings. The van der Waals surface area contributed by atoms with Crippen molar-refractivity contribution in [1.29, 1.82) is 0 Å². The van der Waals surface area contributed by atoms with Crippen LogP contribution in [0.2, 0.25) is 0 Å². The average molecular weight is 248 g/mol. The van der Waals surface area contributed by atoms with Gasteiger partial charge in [0.05, 0.1) is 19.6 Å². The Balaban J connectivity index is 2.18. The number of Topliss-reactive ketones (excluding diaryl/α,β-unsaturated/α-hetero) is 2. The molecule has 4 heteroatoms. The molecule has 2 unspecified atom stereocenters. The lowest BCUT2D eigenvalue weighted by Gasteiger charge is -2.40. The summed E-state index contributed by atoms with van der Waals surface area (Å²) in [5.74, 6) is 0.0195. The molecule has 0 spiro atoms. The molecular weight excluding hydrogens is 232 g/mol. The summed E-state index contributed by atoms with van der Waals surface area (Å²) in [4.78, 5) is 25.1. The highest BCUT2D eigenvalue weighted by Gasteiger charge is 2.64. The van der Waals surface area contributed by atoms with Crippen LogP contribution in [0.25, 0.3) is 0 Å². The van der Waals surface area contributed by atoms with Crippen LogP contribution >= 0.6 is 0 Å². The van der Waals surface area contributed by atoms with Gasteiger partial charge < -0.3 is 9.47 Å². The Morgan fingerprint density at radius 1 is 1.17 bits per heavy atom. The Labute approximate surface area is 106 Å². The molecule has 1 fully saturated rings. The van der Waals surface area contributed by atoms with Crippen LogP contribution in [0.15, 0.2) is 23.7 Å². The van der Waals surface area contributed by atoms with Crippen LogP contribution in [-0.2, 0) is 19.1 Å². The van der Waals surface area contributed by atoms with E-state index in [2.05, 4.69) is 12.2 Å². The van der Waals surface area contributed by atoms with Gasteiger partial charge in [0.1, 0.15) is 0 Å². The number of carbonyl (C=O) groups is 2. The first-order chi connectivity index (χ1) is 8.55. The monoisotopic (exact) mass is 248 g/mol. The predicted molar refractivity (Wildman–Crippen MR) is 63.4 cm³/mol. The second-order valence-electron chi connectivity index (χ2n) is 5.41. The van der Waals surface area contributed by atoms with Crippen molar-refractivity contribution in [3.63, 3.8) is 0 Å². The number of ketones is 2. The van der Waals surface area contributed by atoms with Crippen molar-refractivity contribution in [2.75, 3.05) is 14.2 Å². The molecule has 1 saturated carbocycles. The zero-order valence-corrected chi connectivity index (χ0v) is 10.7. The van der Waals surface area contributed by atoms with Gasteiger partial charge in [-0.2, -0.15) is 0 Å². The molecule has 2 bridgehead atoms. The fourth-order valence-corrected chi connectivity index (χ4v) is 3.85. The molecule has 0 N–H and O–H groups in total. The highest BCUT2D eigenvalue weighted by atomic mass is 16.5. The van der Waals surface area contributed by atoms with E-state index in [1.807, 2.05) is 6.92 Å². The van der Waals surface area contributed by atoms with Gasteiger partial charge in [0.25, 0.3) is 0 Å². The van der Waals surface area contributed by atoms with Crippen molar-refractivity contribution < 1.29 is 19.1 Å². The molecule has 3 aliphatic carbocycles. The SMILES string of the molecule is COC1=C(OC)C(=O)C2(C)C(C1=O)[C@H]1C=C[C@@H]2C1. The number of allylic oxidation sites excluding steroid dienone is 4. The van der Waals surface area contributed by atoms with Gasteiger partial charge in [-0.05, 0) is 18.3 Å². The molecule has 0 saturated heterocycles. The van der Waals surface area contributed by atoms with E-state index < -0.39 is 5.41 Å². The molecule has 3 aliphatic rings.